The minimum absolute atomic E-state index is 0.625. The Bertz CT molecular complexity index is 400. The van der Waals surface area contributed by atoms with Crippen LogP contribution in [0, 0.1) is 0 Å². The molecular formula is C11H10O5. The van der Waals surface area contributed by atoms with Gasteiger partial charge in [-0.3, -0.25) is 0 Å². The molecular weight excluding hydrogens is 212 g/mol. The van der Waals surface area contributed by atoms with Crippen molar-refractivity contribution in [1.29, 1.82) is 0 Å². The van der Waals surface area contributed by atoms with Crippen LogP contribution in [0.3, 0.4) is 0 Å². The molecule has 0 N–H and O–H groups in total. The summed E-state index contributed by atoms with van der Waals surface area (Å²) in [5.74, 6) is -0.625. The van der Waals surface area contributed by atoms with Gasteiger partial charge in [-0.25, -0.2) is 9.59 Å². The van der Waals surface area contributed by atoms with Crippen molar-refractivity contribution in [2.45, 2.75) is 12.2 Å². The van der Waals surface area contributed by atoms with E-state index < -0.39 is 24.3 Å². The van der Waals surface area contributed by atoms with E-state index in [2.05, 4.69) is 4.74 Å². The summed E-state index contributed by atoms with van der Waals surface area (Å²) in [7, 11) is 1.23. The molecule has 0 radical (unpaired) electrons. The Hall–Kier alpha value is -2.04. The van der Waals surface area contributed by atoms with Gasteiger partial charge in [-0.2, -0.15) is 0 Å². The molecule has 84 valence electrons. The monoisotopic (exact) mass is 222 g/mol. The molecule has 5 heteroatoms. The number of esters is 1. The molecule has 0 aromatic heterocycles. The van der Waals surface area contributed by atoms with Gasteiger partial charge in [0.25, 0.3) is 0 Å². The fraction of sp³-hybridized carbons (Fsp3) is 0.273. The second-order valence-electron chi connectivity index (χ2n) is 3.26. The Kier molecular flexibility index (Phi) is 2.76. The number of carbonyl (C=O) groups excluding carboxylic acids is 2. The summed E-state index contributed by atoms with van der Waals surface area (Å²) in [6, 6.07) is 8.91. The third-order valence-corrected chi connectivity index (χ3v) is 2.28. The van der Waals surface area contributed by atoms with Crippen LogP contribution in [0.1, 0.15) is 11.7 Å². The van der Waals surface area contributed by atoms with Gasteiger partial charge in [0.15, 0.2) is 6.10 Å². The van der Waals surface area contributed by atoms with Gasteiger partial charge in [-0.05, 0) is 5.56 Å². The van der Waals surface area contributed by atoms with Crippen LogP contribution < -0.4 is 0 Å². The predicted molar refractivity (Wildman–Crippen MR) is 52.6 cm³/mol. The molecule has 1 aliphatic rings. The maximum Gasteiger partial charge on any atom is 0.510 e. The minimum atomic E-state index is -1.03. The van der Waals surface area contributed by atoms with Gasteiger partial charge in [-0.1, -0.05) is 30.3 Å². The smallest absolute Gasteiger partial charge is 0.466 e. The number of hydrogen-bond donors (Lipinski definition) is 0. The summed E-state index contributed by atoms with van der Waals surface area (Å²) in [6.07, 6.45) is -2.62. The molecule has 16 heavy (non-hydrogen) atoms. The van der Waals surface area contributed by atoms with Crippen LogP contribution in [-0.2, 0) is 19.0 Å². The molecule has 1 saturated heterocycles. The number of rotatable bonds is 2. The Morgan fingerprint density at radius 2 is 1.94 bits per heavy atom. The Morgan fingerprint density at radius 3 is 2.56 bits per heavy atom. The molecule has 5 nitrogen and oxygen atoms in total. The highest BCUT2D eigenvalue weighted by atomic mass is 16.8. The number of hydrogen-bond acceptors (Lipinski definition) is 5. The molecule has 0 spiro atoms. The highest BCUT2D eigenvalue weighted by Gasteiger charge is 2.43. The van der Waals surface area contributed by atoms with Gasteiger partial charge in [-0.15, -0.1) is 0 Å². The third kappa shape index (κ3) is 1.84. The largest absolute Gasteiger partial charge is 0.510 e. The number of methoxy groups -OCH3 is 1. The van der Waals surface area contributed by atoms with E-state index in [9.17, 15) is 9.59 Å². The zero-order chi connectivity index (χ0) is 11.5. The average molecular weight is 222 g/mol. The van der Waals surface area contributed by atoms with Crippen molar-refractivity contribution < 1.29 is 23.8 Å². The highest BCUT2D eigenvalue weighted by molar-refractivity contribution is 5.80. The predicted octanol–water partition coefficient (Wildman–Crippen LogP) is 1.44. The lowest BCUT2D eigenvalue weighted by molar-refractivity contribution is -0.150. The number of benzene rings is 1. The maximum absolute atomic E-state index is 11.4. The topological polar surface area (TPSA) is 61.8 Å². The van der Waals surface area contributed by atoms with Crippen LogP contribution in [0.2, 0.25) is 0 Å². The molecule has 1 fully saturated rings. The summed E-state index contributed by atoms with van der Waals surface area (Å²) in [5.41, 5.74) is 0.698. The average Bonchev–Trinajstić information content (AvgIpc) is 2.71. The summed E-state index contributed by atoms with van der Waals surface area (Å²) in [4.78, 5) is 22.4. The van der Waals surface area contributed by atoms with Gasteiger partial charge in [0.2, 0.25) is 6.10 Å². The van der Waals surface area contributed by atoms with Gasteiger partial charge < -0.3 is 14.2 Å². The Balaban J connectivity index is 2.26. The quantitative estimate of drug-likeness (QED) is 0.708. The van der Waals surface area contributed by atoms with Crippen molar-refractivity contribution in [3.8, 4) is 0 Å². The van der Waals surface area contributed by atoms with E-state index in [1.165, 1.54) is 7.11 Å². The second-order valence-corrected chi connectivity index (χ2v) is 3.26. The van der Waals surface area contributed by atoms with E-state index in [1.54, 1.807) is 24.3 Å². The summed E-state index contributed by atoms with van der Waals surface area (Å²) in [5, 5.41) is 0. The van der Waals surface area contributed by atoms with Crippen molar-refractivity contribution in [2.75, 3.05) is 7.11 Å². The Labute approximate surface area is 91.9 Å². The second kappa shape index (κ2) is 4.22. The lowest BCUT2D eigenvalue weighted by atomic mass is 10.0. The molecule has 0 unspecified atom stereocenters. The standard InChI is InChI=1S/C11H10O5/c1-14-10(12)9-8(15-11(13)16-9)7-5-3-2-4-6-7/h2-6,8-9H,1H3/t8-,9+/m0/s1. The van der Waals surface area contributed by atoms with E-state index in [1.807, 2.05) is 6.07 Å². The van der Waals surface area contributed by atoms with Crippen LogP contribution in [0.5, 0.6) is 0 Å². The first-order valence-electron chi connectivity index (χ1n) is 4.72. The van der Waals surface area contributed by atoms with E-state index in [-0.39, 0.29) is 0 Å². The van der Waals surface area contributed by atoms with Gasteiger partial charge in [0.1, 0.15) is 0 Å². The van der Waals surface area contributed by atoms with Crippen molar-refractivity contribution >= 4 is 12.1 Å². The van der Waals surface area contributed by atoms with E-state index in [4.69, 9.17) is 9.47 Å². The molecule has 2 rings (SSSR count). The number of carbonyl (C=O) groups is 2. The first-order valence-corrected chi connectivity index (χ1v) is 4.72. The highest BCUT2D eigenvalue weighted by Crippen LogP contribution is 2.30. The van der Waals surface area contributed by atoms with Crippen LogP contribution in [0.15, 0.2) is 30.3 Å². The summed E-state index contributed by atoms with van der Waals surface area (Å²) in [6.45, 7) is 0. The lowest BCUT2D eigenvalue weighted by Crippen LogP contribution is -2.27. The molecule has 1 aliphatic heterocycles. The first-order chi connectivity index (χ1) is 7.72. The van der Waals surface area contributed by atoms with Gasteiger partial charge in [0.05, 0.1) is 7.11 Å². The van der Waals surface area contributed by atoms with Crippen molar-refractivity contribution in [3.63, 3.8) is 0 Å². The van der Waals surface area contributed by atoms with Crippen molar-refractivity contribution in [3.05, 3.63) is 35.9 Å². The summed E-state index contributed by atoms with van der Waals surface area (Å²) < 4.78 is 14.2. The minimum Gasteiger partial charge on any atom is -0.466 e. The SMILES string of the molecule is COC(=O)[C@@H]1OC(=O)O[C@H]1c1ccccc1. The molecule has 0 aliphatic carbocycles. The zero-order valence-corrected chi connectivity index (χ0v) is 8.58. The molecule has 2 atom stereocenters. The zero-order valence-electron chi connectivity index (χ0n) is 8.58. The molecule has 0 saturated carbocycles. The van der Waals surface area contributed by atoms with Crippen LogP contribution in [0.4, 0.5) is 4.79 Å². The maximum atomic E-state index is 11.4. The molecule has 1 aromatic rings. The molecule has 1 heterocycles. The van der Waals surface area contributed by atoms with E-state index >= 15 is 0 Å². The fourth-order valence-electron chi connectivity index (χ4n) is 1.53. The number of cyclic esters (lactones) is 2. The lowest BCUT2D eigenvalue weighted by Gasteiger charge is -2.13. The first kappa shape index (κ1) is 10.5. The van der Waals surface area contributed by atoms with Gasteiger partial charge >= 0.3 is 12.1 Å². The Morgan fingerprint density at radius 1 is 1.25 bits per heavy atom. The normalized spacial score (nSPS) is 23.4. The van der Waals surface area contributed by atoms with E-state index in [0.29, 0.717) is 5.56 Å². The molecule has 1 aromatic carbocycles. The summed E-state index contributed by atoms with van der Waals surface area (Å²) >= 11 is 0. The fourth-order valence-corrected chi connectivity index (χ4v) is 1.53. The van der Waals surface area contributed by atoms with Crippen LogP contribution in [0.25, 0.3) is 0 Å². The van der Waals surface area contributed by atoms with Crippen molar-refractivity contribution in [1.82, 2.24) is 0 Å². The van der Waals surface area contributed by atoms with Gasteiger partial charge in [0, 0.05) is 0 Å². The van der Waals surface area contributed by atoms with Crippen LogP contribution in [-0.4, -0.2) is 25.3 Å². The van der Waals surface area contributed by atoms with Crippen molar-refractivity contribution in [2.24, 2.45) is 0 Å². The van der Waals surface area contributed by atoms with Crippen LogP contribution >= 0.6 is 0 Å². The van der Waals surface area contributed by atoms with E-state index in [0.717, 1.165) is 0 Å². The molecule has 0 amide bonds. The number of ether oxygens (including phenoxy) is 3. The third-order valence-electron chi connectivity index (χ3n) is 2.28. The molecule has 0 bridgehead atoms.